The lowest BCUT2D eigenvalue weighted by Crippen LogP contribution is -2.23. The molecule has 132 valence electrons. The molecule has 0 atom stereocenters. The fraction of sp³-hybridized carbons (Fsp3) is 0.130. The van der Waals surface area contributed by atoms with E-state index in [2.05, 4.69) is 69.9 Å². The maximum atomic E-state index is 5.99. The summed E-state index contributed by atoms with van der Waals surface area (Å²) >= 11 is 3.68. The van der Waals surface area contributed by atoms with Crippen molar-refractivity contribution >= 4 is 21.6 Å². The van der Waals surface area contributed by atoms with Gasteiger partial charge in [0.25, 0.3) is 0 Å². The highest BCUT2D eigenvalue weighted by atomic mass is 79.9. The van der Waals surface area contributed by atoms with Crippen LogP contribution in [0.3, 0.4) is 0 Å². The lowest BCUT2D eigenvalue weighted by molar-refractivity contribution is 0.306. The van der Waals surface area contributed by atoms with E-state index in [0.29, 0.717) is 6.61 Å². The summed E-state index contributed by atoms with van der Waals surface area (Å²) in [5.74, 6) is 0.856. The Balaban J connectivity index is 1.78. The predicted octanol–water partition coefficient (Wildman–Crippen LogP) is 6.22. The topological polar surface area (TPSA) is 12.5 Å². The van der Waals surface area contributed by atoms with Crippen LogP contribution in [0.25, 0.3) is 0 Å². The van der Waals surface area contributed by atoms with E-state index < -0.39 is 0 Å². The van der Waals surface area contributed by atoms with Crippen LogP contribution in [0.4, 0.5) is 5.69 Å². The van der Waals surface area contributed by atoms with Crippen molar-refractivity contribution in [3.05, 3.63) is 107 Å². The fourth-order valence-electron chi connectivity index (χ4n) is 2.77. The van der Waals surface area contributed by atoms with Gasteiger partial charge in [-0.1, -0.05) is 66.7 Å². The normalized spacial score (nSPS) is 10.3. The molecule has 0 aliphatic heterocycles. The molecule has 0 N–H and O–H groups in total. The summed E-state index contributed by atoms with van der Waals surface area (Å²) in [6.45, 7) is 6.04. The van der Waals surface area contributed by atoms with Gasteiger partial charge < -0.3 is 9.64 Å². The zero-order chi connectivity index (χ0) is 18.2. The van der Waals surface area contributed by atoms with E-state index in [0.717, 1.165) is 34.6 Å². The molecule has 0 unspecified atom stereocenters. The Labute approximate surface area is 163 Å². The number of ether oxygens (including phenoxy) is 1. The van der Waals surface area contributed by atoms with Gasteiger partial charge in [0, 0.05) is 23.6 Å². The van der Waals surface area contributed by atoms with Gasteiger partial charge in [-0.15, -0.1) is 6.58 Å². The maximum absolute atomic E-state index is 5.99. The molecule has 0 saturated heterocycles. The summed E-state index contributed by atoms with van der Waals surface area (Å²) in [5.41, 5.74) is 3.51. The van der Waals surface area contributed by atoms with Crippen LogP contribution in [-0.4, -0.2) is 6.54 Å². The van der Waals surface area contributed by atoms with Gasteiger partial charge in [-0.3, -0.25) is 0 Å². The molecule has 0 radical (unpaired) electrons. The second-order valence-corrected chi connectivity index (χ2v) is 6.90. The molecule has 0 bridgehead atoms. The van der Waals surface area contributed by atoms with Gasteiger partial charge >= 0.3 is 0 Å². The van der Waals surface area contributed by atoms with Crippen molar-refractivity contribution in [2.45, 2.75) is 13.2 Å². The average Bonchev–Trinajstić information content (AvgIpc) is 2.69. The Bertz CT molecular complexity index is 833. The Morgan fingerprint density at radius 1 is 0.885 bits per heavy atom. The van der Waals surface area contributed by atoms with E-state index in [-0.39, 0.29) is 0 Å². The molecule has 3 rings (SSSR count). The first kappa shape index (κ1) is 18.3. The third-order valence-electron chi connectivity index (χ3n) is 4.07. The van der Waals surface area contributed by atoms with Crippen molar-refractivity contribution in [3.63, 3.8) is 0 Å². The second-order valence-electron chi connectivity index (χ2n) is 6.04. The maximum Gasteiger partial charge on any atom is 0.121 e. The van der Waals surface area contributed by atoms with E-state index >= 15 is 0 Å². The minimum absolute atomic E-state index is 0.558. The molecule has 3 aromatic rings. The molecular formula is C23H22BrNO. The highest BCUT2D eigenvalue weighted by Crippen LogP contribution is 2.32. The Morgan fingerprint density at radius 3 is 2.19 bits per heavy atom. The third kappa shape index (κ3) is 4.99. The SMILES string of the molecule is C=CCN(Cc1ccccc1)c1cc(OCc2ccccc2)ccc1Br. The van der Waals surface area contributed by atoms with Gasteiger partial charge in [0.15, 0.2) is 0 Å². The van der Waals surface area contributed by atoms with Crippen LogP contribution in [-0.2, 0) is 13.2 Å². The molecule has 2 nitrogen and oxygen atoms in total. The minimum Gasteiger partial charge on any atom is -0.489 e. The lowest BCUT2D eigenvalue weighted by atomic mass is 10.2. The van der Waals surface area contributed by atoms with Crippen LogP contribution >= 0.6 is 15.9 Å². The standard InChI is InChI=1S/C23H22BrNO/c1-2-15-25(17-19-9-5-3-6-10-19)23-16-21(13-14-22(23)24)26-18-20-11-7-4-8-12-20/h2-14,16H,1,15,17-18H2. The molecule has 0 fully saturated rings. The molecular weight excluding hydrogens is 386 g/mol. The fourth-order valence-corrected chi connectivity index (χ4v) is 3.27. The van der Waals surface area contributed by atoms with Crippen LogP contribution in [0.1, 0.15) is 11.1 Å². The molecule has 0 amide bonds. The number of anilines is 1. The van der Waals surface area contributed by atoms with Crippen molar-refractivity contribution in [2.24, 2.45) is 0 Å². The number of nitrogens with zero attached hydrogens (tertiary/aromatic N) is 1. The van der Waals surface area contributed by atoms with Crippen molar-refractivity contribution < 1.29 is 4.74 Å². The van der Waals surface area contributed by atoms with E-state index in [1.54, 1.807) is 0 Å². The molecule has 0 aliphatic rings. The minimum atomic E-state index is 0.558. The van der Waals surface area contributed by atoms with Crippen molar-refractivity contribution in [1.82, 2.24) is 0 Å². The third-order valence-corrected chi connectivity index (χ3v) is 4.74. The quantitative estimate of drug-likeness (QED) is 0.410. The van der Waals surface area contributed by atoms with Gasteiger partial charge in [0.2, 0.25) is 0 Å². The van der Waals surface area contributed by atoms with Crippen LogP contribution in [0.15, 0.2) is 96.0 Å². The second kappa shape index (κ2) is 9.25. The summed E-state index contributed by atoms with van der Waals surface area (Å²) in [4.78, 5) is 2.28. The summed E-state index contributed by atoms with van der Waals surface area (Å²) in [7, 11) is 0. The molecule has 3 aromatic carbocycles. The summed E-state index contributed by atoms with van der Waals surface area (Å²) < 4.78 is 7.04. The predicted molar refractivity (Wildman–Crippen MR) is 113 cm³/mol. The number of hydrogen-bond donors (Lipinski definition) is 0. The monoisotopic (exact) mass is 407 g/mol. The van der Waals surface area contributed by atoms with Crippen LogP contribution in [0, 0.1) is 0 Å². The molecule has 3 heteroatoms. The van der Waals surface area contributed by atoms with E-state index in [4.69, 9.17) is 4.74 Å². The van der Waals surface area contributed by atoms with Gasteiger partial charge in [0.05, 0.1) is 5.69 Å². The Hall–Kier alpha value is -2.52. The number of hydrogen-bond acceptors (Lipinski definition) is 2. The first-order valence-electron chi connectivity index (χ1n) is 8.62. The smallest absolute Gasteiger partial charge is 0.121 e. The van der Waals surface area contributed by atoms with Gasteiger partial charge in [-0.2, -0.15) is 0 Å². The highest BCUT2D eigenvalue weighted by Gasteiger charge is 2.11. The first-order chi connectivity index (χ1) is 12.8. The van der Waals surface area contributed by atoms with E-state index in [1.165, 1.54) is 5.56 Å². The lowest BCUT2D eigenvalue weighted by Gasteiger charge is -2.25. The largest absolute Gasteiger partial charge is 0.489 e. The number of halogens is 1. The molecule has 0 saturated carbocycles. The van der Waals surface area contributed by atoms with E-state index in [1.807, 2.05) is 42.5 Å². The summed E-state index contributed by atoms with van der Waals surface area (Å²) in [6.07, 6.45) is 1.92. The van der Waals surface area contributed by atoms with E-state index in [9.17, 15) is 0 Å². The molecule has 0 spiro atoms. The Kier molecular flexibility index (Phi) is 6.50. The van der Waals surface area contributed by atoms with Gasteiger partial charge in [0.1, 0.15) is 12.4 Å². The zero-order valence-electron chi connectivity index (χ0n) is 14.6. The van der Waals surface area contributed by atoms with Crippen LogP contribution in [0.2, 0.25) is 0 Å². The molecule has 0 aromatic heterocycles. The number of benzene rings is 3. The van der Waals surface area contributed by atoms with Crippen molar-refractivity contribution in [3.8, 4) is 5.75 Å². The molecule has 0 heterocycles. The average molecular weight is 408 g/mol. The van der Waals surface area contributed by atoms with Crippen molar-refractivity contribution in [2.75, 3.05) is 11.4 Å². The van der Waals surface area contributed by atoms with Crippen LogP contribution in [0.5, 0.6) is 5.75 Å². The molecule has 26 heavy (non-hydrogen) atoms. The van der Waals surface area contributed by atoms with Crippen molar-refractivity contribution in [1.29, 1.82) is 0 Å². The Morgan fingerprint density at radius 2 is 1.54 bits per heavy atom. The highest BCUT2D eigenvalue weighted by molar-refractivity contribution is 9.10. The van der Waals surface area contributed by atoms with Gasteiger partial charge in [-0.25, -0.2) is 0 Å². The first-order valence-corrected chi connectivity index (χ1v) is 9.41. The summed E-state index contributed by atoms with van der Waals surface area (Å²) in [6, 6.07) is 26.8. The number of rotatable bonds is 8. The van der Waals surface area contributed by atoms with Gasteiger partial charge in [-0.05, 0) is 39.2 Å². The zero-order valence-corrected chi connectivity index (χ0v) is 16.2. The van der Waals surface area contributed by atoms with Crippen LogP contribution < -0.4 is 9.64 Å². The summed E-state index contributed by atoms with van der Waals surface area (Å²) in [5, 5.41) is 0. The molecule has 0 aliphatic carbocycles.